The van der Waals surface area contributed by atoms with E-state index in [0.717, 1.165) is 11.1 Å². The predicted molar refractivity (Wildman–Crippen MR) is 79.7 cm³/mol. The van der Waals surface area contributed by atoms with Crippen molar-refractivity contribution in [3.8, 4) is 5.75 Å². The number of hydrogen-bond donors (Lipinski definition) is 0. The molecule has 0 unspecified atom stereocenters. The van der Waals surface area contributed by atoms with Crippen molar-refractivity contribution in [2.45, 2.75) is 13.8 Å². The molecule has 2 aromatic carbocycles. The molecule has 21 heavy (non-hydrogen) atoms. The summed E-state index contributed by atoms with van der Waals surface area (Å²) in [4.78, 5) is 24.5. The Morgan fingerprint density at radius 3 is 2.33 bits per heavy atom. The summed E-state index contributed by atoms with van der Waals surface area (Å²) >= 11 is 0. The molecule has 1 aliphatic rings. The monoisotopic (exact) mass is 278 g/mol. The molecule has 3 heteroatoms. The van der Waals surface area contributed by atoms with Crippen LogP contribution in [-0.2, 0) is 0 Å². The molecule has 3 nitrogen and oxygen atoms in total. The van der Waals surface area contributed by atoms with Gasteiger partial charge in [0.1, 0.15) is 5.75 Å². The molecule has 2 aromatic rings. The molecule has 0 fully saturated rings. The SMILES string of the molecule is Cc1cccc(OC2=CC(=O)c3ccccc3C2=O)c1C. The molecular formula is C18H14O3. The van der Waals surface area contributed by atoms with Gasteiger partial charge in [-0.05, 0) is 31.0 Å². The van der Waals surface area contributed by atoms with Gasteiger partial charge in [-0.25, -0.2) is 0 Å². The molecule has 0 N–H and O–H groups in total. The van der Waals surface area contributed by atoms with Gasteiger partial charge in [0, 0.05) is 17.2 Å². The van der Waals surface area contributed by atoms with Crippen molar-refractivity contribution < 1.29 is 14.3 Å². The molecule has 3 rings (SSSR count). The maximum Gasteiger partial charge on any atom is 0.229 e. The van der Waals surface area contributed by atoms with Crippen LogP contribution in [0.5, 0.6) is 5.75 Å². The number of allylic oxidation sites excluding steroid dienone is 2. The highest BCUT2D eigenvalue weighted by Gasteiger charge is 2.27. The number of rotatable bonds is 2. The van der Waals surface area contributed by atoms with E-state index in [2.05, 4.69) is 0 Å². The van der Waals surface area contributed by atoms with Crippen molar-refractivity contribution in [3.63, 3.8) is 0 Å². The molecule has 104 valence electrons. The van der Waals surface area contributed by atoms with E-state index in [1.807, 2.05) is 26.0 Å². The van der Waals surface area contributed by atoms with E-state index in [4.69, 9.17) is 4.74 Å². The normalized spacial score (nSPS) is 13.7. The fourth-order valence-corrected chi connectivity index (χ4v) is 2.32. The Morgan fingerprint density at radius 2 is 1.57 bits per heavy atom. The summed E-state index contributed by atoms with van der Waals surface area (Å²) in [6.45, 7) is 3.90. The van der Waals surface area contributed by atoms with Gasteiger partial charge in [-0.15, -0.1) is 0 Å². The number of aryl methyl sites for hydroxylation is 1. The number of carbonyl (C=O) groups excluding carboxylic acids is 2. The van der Waals surface area contributed by atoms with Crippen LogP contribution in [0.15, 0.2) is 54.3 Å². The summed E-state index contributed by atoms with van der Waals surface area (Å²) in [6.07, 6.45) is 1.27. The quantitative estimate of drug-likeness (QED) is 0.842. The van der Waals surface area contributed by atoms with Crippen molar-refractivity contribution in [1.29, 1.82) is 0 Å². The van der Waals surface area contributed by atoms with E-state index in [-0.39, 0.29) is 17.3 Å². The van der Waals surface area contributed by atoms with Gasteiger partial charge in [-0.2, -0.15) is 0 Å². The van der Waals surface area contributed by atoms with Crippen molar-refractivity contribution in [2.75, 3.05) is 0 Å². The standard InChI is InChI=1S/C18H14O3/c1-11-6-5-9-16(12(11)2)21-17-10-15(19)13-7-3-4-8-14(13)18(17)20/h3-10H,1-2H3. The summed E-state index contributed by atoms with van der Waals surface area (Å²) in [6, 6.07) is 12.4. The zero-order valence-electron chi connectivity index (χ0n) is 11.8. The predicted octanol–water partition coefficient (Wildman–Crippen LogP) is 3.65. The van der Waals surface area contributed by atoms with Gasteiger partial charge in [0.2, 0.25) is 5.78 Å². The zero-order valence-corrected chi connectivity index (χ0v) is 11.8. The third-order valence-corrected chi connectivity index (χ3v) is 3.70. The highest BCUT2D eigenvalue weighted by atomic mass is 16.5. The molecule has 0 atom stereocenters. The third-order valence-electron chi connectivity index (χ3n) is 3.70. The zero-order chi connectivity index (χ0) is 15.0. The lowest BCUT2D eigenvalue weighted by molar-refractivity contribution is 0.0946. The van der Waals surface area contributed by atoms with Crippen molar-refractivity contribution in [3.05, 3.63) is 76.6 Å². The summed E-state index contributed by atoms with van der Waals surface area (Å²) in [5.74, 6) is 0.214. The molecule has 0 saturated heterocycles. The molecule has 1 aliphatic carbocycles. The smallest absolute Gasteiger partial charge is 0.229 e. The number of carbonyl (C=O) groups is 2. The maximum absolute atomic E-state index is 12.4. The Hall–Kier alpha value is -2.68. The van der Waals surface area contributed by atoms with E-state index in [0.29, 0.717) is 16.9 Å². The molecule has 0 amide bonds. The highest BCUT2D eigenvalue weighted by Crippen LogP contribution is 2.27. The largest absolute Gasteiger partial charge is 0.453 e. The Morgan fingerprint density at radius 1 is 0.857 bits per heavy atom. The lowest BCUT2D eigenvalue weighted by atomic mass is 9.94. The third kappa shape index (κ3) is 2.27. The van der Waals surface area contributed by atoms with Gasteiger partial charge in [-0.3, -0.25) is 9.59 Å². The highest BCUT2D eigenvalue weighted by molar-refractivity contribution is 6.23. The summed E-state index contributed by atoms with van der Waals surface area (Å²) in [7, 11) is 0. The van der Waals surface area contributed by atoms with Crippen LogP contribution in [0.3, 0.4) is 0 Å². The van der Waals surface area contributed by atoms with Crippen molar-refractivity contribution >= 4 is 11.6 Å². The molecule has 0 aromatic heterocycles. The molecular weight excluding hydrogens is 264 g/mol. The van der Waals surface area contributed by atoms with Crippen LogP contribution in [-0.4, -0.2) is 11.6 Å². The van der Waals surface area contributed by atoms with E-state index < -0.39 is 0 Å². The molecule has 0 aliphatic heterocycles. The first-order valence-corrected chi connectivity index (χ1v) is 6.72. The molecule has 0 radical (unpaired) electrons. The lowest BCUT2D eigenvalue weighted by Gasteiger charge is -2.17. The fourth-order valence-electron chi connectivity index (χ4n) is 2.32. The van der Waals surface area contributed by atoms with Gasteiger partial charge in [0.15, 0.2) is 11.5 Å². The van der Waals surface area contributed by atoms with E-state index in [1.54, 1.807) is 30.3 Å². The molecule has 0 heterocycles. The van der Waals surface area contributed by atoms with Gasteiger partial charge >= 0.3 is 0 Å². The first-order valence-electron chi connectivity index (χ1n) is 6.72. The minimum Gasteiger partial charge on any atom is -0.453 e. The first-order chi connectivity index (χ1) is 10.1. The summed E-state index contributed by atoms with van der Waals surface area (Å²) < 4.78 is 5.70. The molecule has 0 spiro atoms. The van der Waals surface area contributed by atoms with Crippen molar-refractivity contribution in [2.24, 2.45) is 0 Å². The van der Waals surface area contributed by atoms with Gasteiger partial charge in [0.05, 0.1) is 0 Å². The van der Waals surface area contributed by atoms with Crippen LogP contribution < -0.4 is 4.74 Å². The van der Waals surface area contributed by atoms with Crippen LogP contribution in [0, 0.1) is 13.8 Å². The number of Topliss-reactive ketones (excluding diaryl/α,β-unsaturated/α-hetero) is 1. The Labute approximate surface area is 122 Å². The van der Waals surface area contributed by atoms with E-state index in [9.17, 15) is 9.59 Å². The minimum absolute atomic E-state index is 0.0763. The number of ketones is 2. The maximum atomic E-state index is 12.4. The second kappa shape index (κ2) is 5.02. The van der Waals surface area contributed by atoms with Gasteiger partial charge < -0.3 is 4.74 Å². The average Bonchev–Trinajstić information content (AvgIpc) is 2.49. The van der Waals surface area contributed by atoms with Crippen molar-refractivity contribution in [1.82, 2.24) is 0 Å². The Kier molecular flexibility index (Phi) is 3.18. The lowest BCUT2D eigenvalue weighted by Crippen LogP contribution is -2.20. The van der Waals surface area contributed by atoms with Crippen LogP contribution in [0.25, 0.3) is 0 Å². The summed E-state index contributed by atoms with van der Waals surface area (Å²) in [5.41, 5.74) is 2.85. The summed E-state index contributed by atoms with van der Waals surface area (Å²) in [5, 5.41) is 0. The van der Waals surface area contributed by atoms with Crippen LogP contribution in [0.1, 0.15) is 31.8 Å². The number of hydrogen-bond acceptors (Lipinski definition) is 3. The van der Waals surface area contributed by atoms with Crippen LogP contribution in [0.4, 0.5) is 0 Å². The molecule has 0 saturated carbocycles. The average molecular weight is 278 g/mol. The minimum atomic E-state index is -0.258. The molecule has 0 bridgehead atoms. The second-order valence-corrected chi connectivity index (χ2v) is 5.05. The number of benzene rings is 2. The van der Waals surface area contributed by atoms with Gasteiger partial charge in [-0.1, -0.05) is 36.4 Å². The van der Waals surface area contributed by atoms with E-state index in [1.165, 1.54) is 6.08 Å². The number of fused-ring (bicyclic) bond motifs is 1. The van der Waals surface area contributed by atoms with E-state index >= 15 is 0 Å². The second-order valence-electron chi connectivity index (χ2n) is 5.05. The number of ether oxygens (including phenoxy) is 1. The Bertz CT molecular complexity index is 785. The van der Waals surface area contributed by atoms with Crippen LogP contribution in [0.2, 0.25) is 0 Å². The fraction of sp³-hybridized carbons (Fsp3) is 0.111. The first kappa shape index (κ1) is 13.3. The van der Waals surface area contributed by atoms with Crippen LogP contribution >= 0.6 is 0 Å². The topological polar surface area (TPSA) is 43.4 Å². The van der Waals surface area contributed by atoms with Gasteiger partial charge in [0.25, 0.3) is 0 Å². The Balaban J connectivity index is 2.00.